The molecule has 0 saturated heterocycles. The first-order valence-electron chi connectivity index (χ1n) is 6.38. The number of benzene rings is 1. The molecule has 0 aromatic heterocycles. The second-order valence-corrected chi connectivity index (χ2v) is 5.47. The molecule has 0 spiro atoms. The van der Waals surface area contributed by atoms with E-state index in [1.54, 1.807) is 7.05 Å². The minimum atomic E-state index is -0.0148. The molecular weight excluding hydrogens is 308 g/mol. The van der Waals surface area contributed by atoms with E-state index >= 15 is 0 Å². The lowest BCUT2D eigenvalue weighted by Gasteiger charge is -2.14. The SMILES string of the molecule is CNC(=O)CCOc1ccc(Br)cc1CNC(C)C. The van der Waals surface area contributed by atoms with E-state index in [0.717, 1.165) is 22.3 Å². The summed E-state index contributed by atoms with van der Waals surface area (Å²) >= 11 is 3.46. The number of halogens is 1. The van der Waals surface area contributed by atoms with Crippen LogP contribution in [0, 0.1) is 0 Å². The number of ether oxygens (including phenoxy) is 1. The third-order valence-electron chi connectivity index (χ3n) is 2.59. The average molecular weight is 329 g/mol. The summed E-state index contributed by atoms with van der Waals surface area (Å²) in [6.07, 6.45) is 0.365. The molecule has 0 bridgehead atoms. The molecule has 0 heterocycles. The number of nitrogens with one attached hydrogen (secondary N) is 2. The van der Waals surface area contributed by atoms with Gasteiger partial charge >= 0.3 is 0 Å². The minimum absolute atomic E-state index is 0.0148. The van der Waals surface area contributed by atoms with Crippen LogP contribution in [0.2, 0.25) is 0 Å². The van der Waals surface area contributed by atoms with Gasteiger partial charge in [0, 0.05) is 29.7 Å². The topological polar surface area (TPSA) is 50.4 Å². The number of carbonyl (C=O) groups excluding carboxylic acids is 1. The Morgan fingerprint density at radius 3 is 2.79 bits per heavy atom. The van der Waals surface area contributed by atoms with Crippen LogP contribution in [0.1, 0.15) is 25.8 Å². The third kappa shape index (κ3) is 6.07. The highest BCUT2D eigenvalue weighted by Gasteiger charge is 2.06. The highest BCUT2D eigenvalue weighted by atomic mass is 79.9. The maximum Gasteiger partial charge on any atom is 0.223 e. The second kappa shape index (κ2) is 8.17. The van der Waals surface area contributed by atoms with Crippen LogP contribution in [0.15, 0.2) is 22.7 Å². The average Bonchev–Trinajstić information content (AvgIpc) is 2.38. The zero-order chi connectivity index (χ0) is 14.3. The molecule has 0 radical (unpaired) electrons. The first kappa shape index (κ1) is 16.0. The number of carbonyl (C=O) groups is 1. The normalized spacial score (nSPS) is 10.6. The lowest BCUT2D eigenvalue weighted by atomic mass is 10.2. The van der Waals surface area contributed by atoms with Gasteiger partial charge in [0.05, 0.1) is 13.0 Å². The molecule has 0 aliphatic heterocycles. The molecule has 19 heavy (non-hydrogen) atoms. The summed E-state index contributed by atoms with van der Waals surface area (Å²) in [7, 11) is 1.62. The number of hydrogen-bond donors (Lipinski definition) is 2. The van der Waals surface area contributed by atoms with Crippen molar-refractivity contribution in [2.24, 2.45) is 0 Å². The van der Waals surface area contributed by atoms with Gasteiger partial charge in [-0.15, -0.1) is 0 Å². The monoisotopic (exact) mass is 328 g/mol. The molecule has 0 unspecified atom stereocenters. The summed E-state index contributed by atoms with van der Waals surface area (Å²) in [6, 6.07) is 6.31. The molecule has 0 atom stereocenters. The van der Waals surface area contributed by atoms with Gasteiger partial charge < -0.3 is 15.4 Å². The Morgan fingerprint density at radius 1 is 1.42 bits per heavy atom. The van der Waals surface area contributed by atoms with Crippen LogP contribution in [-0.2, 0) is 11.3 Å². The van der Waals surface area contributed by atoms with Gasteiger partial charge in [-0.25, -0.2) is 0 Å². The fourth-order valence-electron chi connectivity index (χ4n) is 1.52. The Bertz CT molecular complexity index is 422. The van der Waals surface area contributed by atoms with Crippen LogP contribution >= 0.6 is 15.9 Å². The fraction of sp³-hybridized carbons (Fsp3) is 0.500. The number of hydrogen-bond acceptors (Lipinski definition) is 3. The van der Waals surface area contributed by atoms with E-state index in [1.165, 1.54) is 0 Å². The van der Waals surface area contributed by atoms with Gasteiger partial charge in [-0.05, 0) is 18.2 Å². The Kier molecular flexibility index (Phi) is 6.87. The van der Waals surface area contributed by atoms with Crippen molar-refractivity contribution in [3.05, 3.63) is 28.2 Å². The van der Waals surface area contributed by atoms with Crippen molar-refractivity contribution in [2.75, 3.05) is 13.7 Å². The standard InChI is InChI=1S/C14H21BrN2O2/c1-10(2)17-9-11-8-12(15)4-5-13(11)19-7-6-14(18)16-3/h4-5,8,10,17H,6-7,9H2,1-3H3,(H,16,18). The van der Waals surface area contributed by atoms with E-state index in [4.69, 9.17) is 4.74 Å². The van der Waals surface area contributed by atoms with Crippen molar-refractivity contribution in [2.45, 2.75) is 32.9 Å². The van der Waals surface area contributed by atoms with Crippen LogP contribution in [0.4, 0.5) is 0 Å². The van der Waals surface area contributed by atoms with Crippen LogP contribution < -0.4 is 15.4 Å². The van der Waals surface area contributed by atoms with E-state index in [1.807, 2.05) is 18.2 Å². The molecule has 1 aromatic carbocycles. The van der Waals surface area contributed by atoms with Crippen molar-refractivity contribution < 1.29 is 9.53 Å². The largest absolute Gasteiger partial charge is 0.493 e. The molecule has 2 N–H and O–H groups in total. The van der Waals surface area contributed by atoms with Crippen LogP contribution in [0.5, 0.6) is 5.75 Å². The van der Waals surface area contributed by atoms with Gasteiger partial charge in [0.2, 0.25) is 5.91 Å². The van der Waals surface area contributed by atoms with Gasteiger partial charge in [0.25, 0.3) is 0 Å². The molecule has 5 heteroatoms. The molecule has 1 amide bonds. The summed E-state index contributed by atoms with van der Waals surface area (Å²) in [5, 5.41) is 5.94. The molecule has 0 aliphatic rings. The van der Waals surface area contributed by atoms with Crippen molar-refractivity contribution in [1.82, 2.24) is 10.6 Å². The second-order valence-electron chi connectivity index (χ2n) is 4.56. The number of rotatable bonds is 7. The lowest BCUT2D eigenvalue weighted by molar-refractivity contribution is -0.121. The molecule has 0 aliphatic carbocycles. The molecule has 0 fully saturated rings. The Morgan fingerprint density at radius 2 is 2.16 bits per heavy atom. The lowest BCUT2D eigenvalue weighted by Crippen LogP contribution is -2.23. The highest BCUT2D eigenvalue weighted by Crippen LogP contribution is 2.23. The Hall–Kier alpha value is -1.07. The zero-order valence-electron chi connectivity index (χ0n) is 11.6. The Balaban J connectivity index is 2.62. The van der Waals surface area contributed by atoms with Gasteiger partial charge in [-0.1, -0.05) is 29.8 Å². The van der Waals surface area contributed by atoms with Crippen molar-refractivity contribution in [1.29, 1.82) is 0 Å². The van der Waals surface area contributed by atoms with Crippen molar-refractivity contribution in [3.8, 4) is 5.75 Å². The summed E-state index contributed by atoms with van der Waals surface area (Å²) < 4.78 is 6.70. The summed E-state index contributed by atoms with van der Waals surface area (Å²) in [5.74, 6) is 0.805. The zero-order valence-corrected chi connectivity index (χ0v) is 13.2. The first-order valence-corrected chi connectivity index (χ1v) is 7.17. The summed E-state index contributed by atoms with van der Waals surface area (Å²) in [5.41, 5.74) is 1.08. The minimum Gasteiger partial charge on any atom is -0.493 e. The maximum absolute atomic E-state index is 11.1. The van der Waals surface area contributed by atoms with Crippen LogP contribution in [0.25, 0.3) is 0 Å². The van der Waals surface area contributed by atoms with Gasteiger partial charge in [-0.3, -0.25) is 4.79 Å². The molecule has 1 aromatic rings. The third-order valence-corrected chi connectivity index (χ3v) is 3.08. The van der Waals surface area contributed by atoms with Gasteiger partial charge in [0.15, 0.2) is 0 Å². The molecule has 1 rings (SSSR count). The smallest absolute Gasteiger partial charge is 0.223 e. The summed E-state index contributed by atoms with van der Waals surface area (Å²) in [4.78, 5) is 11.1. The quantitative estimate of drug-likeness (QED) is 0.808. The Labute approximate surface area is 123 Å². The molecule has 106 valence electrons. The van der Waals surface area contributed by atoms with Gasteiger partial charge in [0.1, 0.15) is 5.75 Å². The van der Waals surface area contributed by atoms with Crippen LogP contribution in [-0.4, -0.2) is 25.6 Å². The first-order chi connectivity index (χ1) is 9.02. The predicted molar refractivity (Wildman–Crippen MR) is 80.3 cm³/mol. The number of amides is 1. The molecule has 4 nitrogen and oxygen atoms in total. The van der Waals surface area contributed by atoms with E-state index in [-0.39, 0.29) is 5.91 Å². The highest BCUT2D eigenvalue weighted by molar-refractivity contribution is 9.10. The predicted octanol–water partition coefficient (Wildman–Crippen LogP) is 2.46. The maximum atomic E-state index is 11.1. The molecule has 0 saturated carbocycles. The van der Waals surface area contributed by atoms with E-state index in [9.17, 15) is 4.79 Å². The van der Waals surface area contributed by atoms with Gasteiger partial charge in [-0.2, -0.15) is 0 Å². The van der Waals surface area contributed by atoms with E-state index in [2.05, 4.69) is 40.4 Å². The van der Waals surface area contributed by atoms with Crippen LogP contribution in [0.3, 0.4) is 0 Å². The van der Waals surface area contributed by atoms with Crippen molar-refractivity contribution in [3.63, 3.8) is 0 Å². The van der Waals surface area contributed by atoms with Crippen molar-refractivity contribution >= 4 is 21.8 Å². The van der Waals surface area contributed by atoms with E-state index < -0.39 is 0 Å². The molecular formula is C14H21BrN2O2. The fourth-order valence-corrected chi connectivity index (χ4v) is 1.93. The van der Waals surface area contributed by atoms with E-state index in [0.29, 0.717) is 19.1 Å². The summed E-state index contributed by atoms with van der Waals surface area (Å²) in [6.45, 7) is 5.33.